The molecule has 2 aromatic heterocycles. The molecule has 1 saturated heterocycles. The molecule has 0 amide bonds. The number of hydrogen-bond acceptors (Lipinski definition) is 7. The lowest BCUT2D eigenvalue weighted by Gasteiger charge is -2.55. The molecule has 2 aliphatic rings. The van der Waals surface area contributed by atoms with Crippen molar-refractivity contribution < 1.29 is 27.6 Å². The molecule has 3 heterocycles. The van der Waals surface area contributed by atoms with E-state index in [-0.39, 0.29) is 47.0 Å². The van der Waals surface area contributed by atoms with E-state index in [4.69, 9.17) is 9.26 Å². The number of ether oxygens (including phenoxy) is 1. The Balaban J connectivity index is 1.31. The molecule has 1 saturated carbocycles. The van der Waals surface area contributed by atoms with Crippen LogP contribution in [0.2, 0.25) is 0 Å². The minimum Gasteiger partial charge on any atom is -0.379 e. The number of benzene rings is 1. The maximum absolute atomic E-state index is 14.3. The fraction of sp³-hybridized carbons (Fsp3) is 0.515. The number of Topliss-reactive ketones (excluding diaryl/α,β-unsaturated/α-hetero) is 2. The minimum absolute atomic E-state index is 0.0276. The lowest BCUT2D eigenvalue weighted by molar-refractivity contribution is -0.129. The standard InChI is InChI=1S/C33H39F2N3O4/c1-31(2,30-7-5-6-14-36-30)17-24(39)18-33(20-38(21-33)23-10-12-32(3,41-4)13-11-23)19-28(40)27-16-29(42-37-27)25-9-8-22(34)15-26(25)35/h5-9,14-16,23H,10-13,17-21H2,1-4H3. The smallest absolute Gasteiger partial charge is 0.185 e. The predicted molar refractivity (Wildman–Crippen MR) is 154 cm³/mol. The SMILES string of the molecule is COC1(C)CCC(N2CC(CC(=O)CC(C)(C)c3ccccn3)(CC(=O)c3cc(-c4ccc(F)cc4F)on3)C2)CC1. The summed E-state index contributed by atoms with van der Waals surface area (Å²) in [5, 5.41) is 3.91. The molecule has 0 spiro atoms. The molecule has 1 aliphatic carbocycles. The van der Waals surface area contributed by atoms with Gasteiger partial charge in [0.1, 0.15) is 23.1 Å². The quantitative estimate of drug-likeness (QED) is 0.238. The van der Waals surface area contributed by atoms with Gasteiger partial charge in [-0.05, 0) is 56.9 Å². The van der Waals surface area contributed by atoms with Crippen LogP contribution in [0.1, 0.15) is 81.9 Å². The second-order valence-electron chi connectivity index (χ2n) is 13.1. The number of rotatable bonds is 11. The van der Waals surface area contributed by atoms with Gasteiger partial charge in [-0.15, -0.1) is 0 Å². The molecule has 9 heteroatoms. The summed E-state index contributed by atoms with van der Waals surface area (Å²) in [4.78, 5) is 33.9. The summed E-state index contributed by atoms with van der Waals surface area (Å²) in [7, 11) is 1.76. The van der Waals surface area contributed by atoms with Crippen molar-refractivity contribution in [3.63, 3.8) is 0 Å². The minimum atomic E-state index is -0.797. The van der Waals surface area contributed by atoms with E-state index in [1.807, 2.05) is 32.0 Å². The van der Waals surface area contributed by atoms with Crippen LogP contribution in [0.25, 0.3) is 11.3 Å². The third-order valence-electron chi connectivity index (χ3n) is 9.20. The van der Waals surface area contributed by atoms with Crippen LogP contribution >= 0.6 is 0 Å². The lowest BCUT2D eigenvalue weighted by Crippen LogP contribution is -2.62. The number of carbonyl (C=O) groups excluding carboxylic acids is 2. The van der Waals surface area contributed by atoms with Crippen molar-refractivity contribution in [1.29, 1.82) is 0 Å². The Hall–Kier alpha value is -3.30. The van der Waals surface area contributed by atoms with E-state index < -0.39 is 22.5 Å². The van der Waals surface area contributed by atoms with Gasteiger partial charge in [0.2, 0.25) is 0 Å². The summed E-state index contributed by atoms with van der Waals surface area (Å²) in [5.41, 5.74) is -0.125. The second-order valence-corrected chi connectivity index (χ2v) is 13.1. The van der Waals surface area contributed by atoms with Crippen molar-refractivity contribution in [1.82, 2.24) is 15.0 Å². The van der Waals surface area contributed by atoms with Crippen LogP contribution < -0.4 is 0 Å². The first-order chi connectivity index (χ1) is 19.9. The van der Waals surface area contributed by atoms with E-state index in [9.17, 15) is 18.4 Å². The first-order valence-electron chi connectivity index (χ1n) is 14.6. The Labute approximate surface area is 245 Å². The third kappa shape index (κ3) is 6.52. The molecule has 5 rings (SSSR count). The molecule has 0 N–H and O–H groups in total. The zero-order valence-electron chi connectivity index (χ0n) is 24.8. The van der Waals surface area contributed by atoms with E-state index in [1.54, 1.807) is 13.3 Å². The highest BCUT2D eigenvalue weighted by Crippen LogP contribution is 2.44. The molecule has 0 unspecified atom stereocenters. The molecule has 1 aliphatic heterocycles. The van der Waals surface area contributed by atoms with Gasteiger partial charge in [0.05, 0.1) is 11.2 Å². The number of nitrogens with zero attached hydrogens (tertiary/aromatic N) is 3. The highest BCUT2D eigenvalue weighted by atomic mass is 19.1. The zero-order chi connectivity index (χ0) is 30.1. The van der Waals surface area contributed by atoms with Gasteiger partial charge in [-0.3, -0.25) is 19.5 Å². The van der Waals surface area contributed by atoms with Crippen LogP contribution in [0.4, 0.5) is 8.78 Å². The Morgan fingerprint density at radius 2 is 1.83 bits per heavy atom. The molecular formula is C33H39F2N3O4. The fourth-order valence-electron chi connectivity index (χ4n) is 6.62. The maximum Gasteiger partial charge on any atom is 0.185 e. The Kier molecular flexibility index (Phi) is 8.45. The lowest BCUT2D eigenvalue weighted by atomic mass is 9.68. The van der Waals surface area contributed by atoms with E-state index >= 15 is 0 Å². The van der Waals surface area contributed by atoms with Crippen LogP contribution in [0.5, 0.6) is 0 Å². The van der Waals surface area contributed by atoms with Crippen LogP contribution in [0, 0.1) is 17.0 Å². The summed E-state index contributed by atoms with van der Waals surface area (Å²) in [5.74, 6) is -1.63. The molecule has 42 heavy (non-hydrogen) atoms. The highest BCUT2D eigenvalue weighted by Gasteiger charge is 2.49. The zero-order valence-corrected chi connectivity index (χ0v) is 24.8. The van der Waals surface area contributed by atoms with Crippen LogP contribution in [0.3, 0.4) is 0 Å². The van der Waals surface area contributed by atoms with Gasteiger partial charge in [-0.2, -0.15) is 0 Å². The molecule has 1 aromatic carbocycles. The average molecular weight is 580 g/mol. The van der Waals surface area contributed by atoms with Gasteiger partial charge in [-0.25, -0.2) is 8.78 Å². The molecule has 7 nitrogen and oxygen atoms in total. The number of methoxy groups -OCH3 is 1. The summed E-state index contributed by atoms with van der Waals surface area (Å²) in [6, 6.07) is 10.6. The number of hydrogen-bond donors (Lipinski definition) is 0. The molecule has 2 fully saturated rings. The van der Waals surface area contributed by atoms with Crippen molar-refractivity contribution in [2.24, 2.45) is 5.41 Å². The van der Waals surface area contributed by atoms with E-state index in [0.717, 1.165) is 43.5 Å². The first kappa shape index (κ1) is 30.2. The van der Waals surface area contributed by atoms with E-state index in [0.29, 0.717) is 25.6 Å². The number of carbonyl (C=O) groups is 2. The van der Waals surface area contributed by atoms with Gasteiger partial charge >= 0.3 is 0 Å². The summed E-state index contributed by atoms with van der Waals surface area (Å²) in [6.45, 7) is 7.45. The Morgan fingerprint density at radius 1 is 1.10 bits per heavy atom. The first-order valence-corrected chi connectivity index (χ1v) is 14.6. The topological polar surface area (TPSA) is 85.5 Å². The number of pyridine rings is 1. The third-order valence-corrected chi connectivity index (χ3v) is 9.20. The Bertz CT molecular complexity index is 1420. The summed E-state index contributed by atoms with van der Waals surface area (Å²) in [6.07, 6.45) is 6.38. The van der Waals surface area contributed by atoms with Gasteiger partial charge < -0.3 is 9.26 Å². The van der Waals surface area contributed by atoms with Crippen LogP contribution in [0.15, 0.2) is 53.2 Å². The van der Waals surface area contributed by atoms with Gasteiger partial charge in [-0.1, -0.05) is 25.1 Å². The van der Waals surface area contributed by atoms with Gasteiger partial charge in [0.15, 0.2) is 11.5 Å². The van der Waals surface area contributed by atoms with Crippen LogP contribution in [-0.2, 0) is 14.9 Å². The summed E-state index contributed by atoms with van der Waals surface area (Å²) < 4.78 is 38.7. The highest BCUT2D eigenvalue weighted by molar-refractivity contribution is 5.96. The number of halogens is 2. The van der Waals surface area contributed by atoms with Crippen molar-refractivity contribution in [2.75, 3.05) is 20.2 Å². The molecule has 0 bridgehead atoms. The van der Waals surface area contributed by atoms with E-state index in [2.05, 4.69) is 22.0 Å². The number of likely N-dealkylation sites (tertiary alicyclic amines) is 1. The molecule has 0 radical (unpaired) electrons. The van der Waals surface area contributed by atoms with Crippen molar-refractivity contribution in [3.8, 4) is 11.3 Å². The van der Waals surface area contributed by atoms with Crippen molar-refractivity contribution >= 4 is 11.6 Å². The van der Waals surface area contributed by atoms with Crippen molar-refractivity contribution in [3.05, 3.63) is 71.7 Å². The monoisotopic (exact) mass is 579 g/mol. The average Bonchev–Trinajstić information content (AvgIpc) is 3.42. The largest absolute Gasteiger partial charge is 0.379 e. The summed E-state index contributed by atoms with van der Waals surface area (Å²) >= 11 is 0. The molecular weight excluding hydrogens is 540 g/mol. The molecule has 224 valence electrons. The van der Waals surface area contributed by atoms with Gasteiger partial charge in [0.25, 0.3) is 0 Å². The predicted octanol–water partition coefficient (Wildman–Crippen LogP) is 6.56. The van der Waals surface area contributed by atoms with Crippen LogP contribution in [-0.4, -0.2) is 58.4 Å². The molecule has 3 aromatic rings. The fourth-order valence-corrected chi connectivity index (χ4v) is 6.62. The normalized spacial score (nSPS) is 22.5. The van der Waals surface area contributed by atoms with E-state index in [1.165, 1.54) is 12.1 Å². The maximum atomic E-state index is 14.3. The van der Waals surface area contributed by atoms with Gasteiger partial charge in [0, 0.05) is 80.4 Å². The van der Waals surface area contributed by atoms with Crippen molar-refractivity contribution in [2.45, 2.75) is 82.8 Å². The second kappa shape index (κ2) is 11.8. The molecule has 0 atom stereocenters. The number of aromatic nitrogens is 2. The Morgan fingerprint density at radius 3 is 2.48 bits per heavy atom. The number of ketones is 2.